The molecule has 10 nitrogen and oxygen atoms in total. The molecule has 6 aromatic rings. The number of carbonyl (C=O) groups is 1. The molecule has 4 aromatic heterocycles. The molecular formula is C32H29FN6O4S. The summed E-state index contributed by atoms with van der Waals surface area (Å²) in [6.45, 7) is 7.69. The van der Waals surface area contributed by atoms with Crippen molar-refractivity contribution in [2.24, 2.45) is 5.41 Å². The Bertz CT molecular complexity index is 2110. The molecule has 6 rings (SSSR count). The molecule has 0 saturated carbocycles. The normalized spacial score (nSPS) is 13.3. The van der Waals surface area contributed by atoms with Gasteiger partial charge in [0.1, 0.15) is 41.0 Å². The van der Waals surface area contributed by atoms with E-state index in [0.717, 1.165) is 9.75 Å². The lowest BCUT2D eigenvalue weighted by molar-refractivity contribution is 0.175. The van der Waals surface area contributed by atoms with Crippen molar-refractivity contribution in [2.75, 3.05) is 5.73 Å². The highest BCUT2D eigenvalue weighted by molar-refractivity contribution is 7.15. The minimum Gasteiger partial charge on any atom is -0.465 e. The highest BCUT2D eigenvalue weighted by Gasteiger charge is 2.31. The van der Waals surface area contributed by atoms with Crippen LogP contribution in [0.3, 0.4) is 0 Å². The molecule has 0 spiro atoms. The number of amides is 1. The molecule has 0 radical (unpaired) electrons. The maximum absolute atomic E-state index is 14.4. The van der Waals surface area contributed by atoms with Crippen molar-refractivity contribution in [2.45, 2.75) is 39.8 Å². The largest absolute Gasteiger partial charge is 0.465 e. The first kappa shape index (κ1) is 29.0. The Morgan fingerprint density at radius 1 is 1.11 bits per heavy atom. The molecule has 0 saturated heterocycles. The van der Waals surface area contributed by atoms with Gasteiger partial charge in [0.15, 0.2) is 5.65 Å². The van der Waals surface area contributed by atoms with Gasteiger partial charge in [-0.3, -0.25) is 4.79 Å². The zero-order valence-corrected chi connectivity index (χ0v) is 25.1. The molecule has 0 aliphatic carbocycles. The van der Waals surface area contributed by atoms with Gasteiger partial charge in [-0.2, -0.15) is 5.10 Å². The van der Waals surface area contributed by atoms with Gasteiger partial charge in [-0.05, 0) is 54.3 Å². The van der Waals surface area contributed by atoms with E-state index < -0.39 is 29.4 Å². The van der Waals surface area contributed by atoms with Crippen LogP contribution in [0.25, 0.3) is 43.7 Å². The average Bonchev–Trinajstić information content (AvgIpc) is 3.61. The summed E-state index contributed by atoms with van der Waals surface area (Å²) in [5.41, 5.74) is 7.56. The van der Waals surface area contributed by atoms with Crippen LogP contribution < -0.4 is 16.5 Å². The van der Waals surface area contributed by atoms with E-state index in [4.69, 9.17) is 15.2 Å². The van der Waals surface area contributed by atoms with E-state index in [1.807, 2.05) is 39.8 Å². The van der Waals surface area contributed by atoms with Crippen molar-refractivity contribution in [3.8, 4) is 21.7 Å². The summed E-state index contributed by atoms with van der Waals surface area (Å²) in [5.74, 6) is -0.00189. The van der Waals surface area contributed by atoms with Gasteiger partial charge in [-0.1, -0.05) is 45.0 Å². The van der Waals surface area contributed by atoms with E-state index in [1.54, 1.807) is 41.1 Å². The predicted molar refractivity (Wildman–Crippen MR) is 168 cm³/mol. The van der Waals surface area contributed by atoms with Gasteiger partial charge in [-0.15, -0.1) is 11.3 Å². The van der Waals surface area contributed by atoms with E-state index in [-0.39, 0.29) is 22.6 Å². The first-order valence-electron chi connectivity index (χ1n) is 13.8. The van der Waals surface area contributed by atoms with Crippen molar-refractivity contribution < 1.29 is 18.7 Å². The Morgan fingerprint density at radius 3 is 2.61 bits per heavy atom. The number of nitrogens with two attached hydrogens (primary N) is 1. The van der Waals surface area contributed by atoms with Crippen molar-refractivity contribution >= 4 is 45.3 Å². The molecule has 1 amide bonds. The third kappa shape index (κ3) is 5.06. The number of aromatic nitrogens is 4. The van der Waals surface area contributed by atoms with Crippen LogP contribution >= 0.6 is 11.3 Å². The molecule has 0 fully saturated rings. The van der Waals surface area contributed by atoms with Crippen molar-refractivity contribution in [1.82, 2.24) is 25.1 Å². The summed E-state index contributed by atoms with van der Waals surface area (Å²) in [6.07, 6.45) is 0.217. The van der Waals surface area contributed by atoms with E-state index in [1.165, 1.54) is 29.8 Å². The van der Waals surface area contributed by atoms with Gasteiger partial charge in [0, 0.05) is 4.88 Å². The van der Waals surface area contributed by atoms with Crippen molar-refractivity contribution in [1.29, 1.82) is 0 Å². The number of benzene rings is 2. The van der Waals surface area contributed by atoms with Crippen LogP contribution in [-0.2, 0) is 0 Å². The number of fused-ring (bicyclic) bond motifs is 2. The number of nitrogens with one attached hydrogen (secondary N) is 1. The Labute approximate surface area is 255 Å². The Morgan fingerprint density at radius 2 is 1.89 bits per heavy atom. The van der Waals surface area contributed by atoms with Crippen molar-refractivity contribution in [3.63, 3.8) is 0 Å². The maximum Gasteiger partial charge on any atom is 0.405 e. The van der Waals surface area contributed by atoms with Gasteiger partial charge in [0.2, 0.25) is 5.43 Å². The predicted octanol–water partition coefficient (Wildman–Crippen LogP) is 7.01. The first-order valence-corrected chi connectivity index (χ1v) is 14.7. The minimum absolute atomic E-state index is 0.208. The first-order chi connectivity index (χ1) is 20.9. The van der Waals surface area contributed by atoms with Crippen LogP contribution in [-0.4, -0.2) is 30.9 Å². The van der Waals surface area contributed by atoms with E-state index in [0.29, 0.717) is 33.3 Å². The quantitative estimate of drug-likeness (QED) is 0.182. The molecule has 12 heteroatoms. The second kappa shape index (κ2) is 10.9. The summed E-state index contributed by atoms with van der Waals surface area (Å²) in [7, 11) is 0. The third-order valence-electron chi connectivity index (χ3n) is 7.48. The fourth-order valence-corrected chi connectivity index (χ4v) is 6.69. The zero-order valence-electron chi connectivity index (χ0n) is 24.3. The lowest BCUT2D eigenvalue weighted by Gasteiger charge is -2.29. The minimum atomic E-state index is -1.12. The highest BCUT2D eigenvalue weighted by Crippen LogP contribution is 2.42. The average molecular weight is 613 g/mol. The second-order valence-corrected chi connectivity index (χ2v) is 12.7. The number of halogens is 1. The van der Waals surface area contributed by atoms with Gasteiger partial charge < -0.3 is 20.6 Å². The number of nitrogens with zero attached hydrogens (tertiary/aromatic N) is 4. The lowest BCUT2D eigenvalue weighted by Crippen LogP contribution is -2.35. The number of hydrogen-bond donors (Lipinski definition) is 3. The summed E-state index contributed by atoms with van der Waals surface area (Å²) < 4.78 is 22.4. The maximum atomic E-state index is 14.4. The van der Waals surface area contributed by atoms with E-state index in [9.17, 15) is 19.1 Å². The molecule has 2 atom stereocenters. The zero-order chi connectivity index (χ0) is 31.3. The number of anilines is 1. The number of carboxylic acid groups (broad SMARTS) is 1. The second-order valence-electron chi connectivity index (χ2n) is 11.6. The number of hydrogen-bond acceptors (Lipinski definition) is 8. The van der Waals surface area contributed by atoms with Crippen LogP contribution in [0.5, 0.6) is 0 Å². The van der Waals surface area contributed by atoms with Gasteiger partial charge in [0.05, 0.1) is 27.3 Å². The van der Waals surface area contributed by atoms with E-state index >= 15 is 0 Å². The molecule has 0 bridgehead atoms. The molecule has 2 aromatic carbocycles. The Hall–Kier alpha value is -5.10. The molecular weight excluding hydrogens is 583 g/mol. The monoisotopic (exact) mass is 612 g/mol. The molecule has 0 aliphatic heterocycles. The fourth-order valence-electron chi connectivity index (χ4n) is 5.39. The summed E-state index contributed by atoms with van der Waals surface area (Å²) in [6, 6.07) is 15.3. The smallest absolute Gasteiger partial charge is 0.405 e. The standard InChI is InChI=1S/C32H29FN6O4S/c1-16(27-23(17-8-7-9-18(33)14-17)26(40)19-10-5-6-11-20(19)43-27)39-30-24(29(34)35-15-36-30)25(38-39)21-12-13-22(44-21)28(32(2,3)4)37-31(41)42/h5-16,28,37H,1-4H3,(H,41,42)(H2,34,35,36). The topological polar surface area (TPSA) is 149 Å². The number of thiophene rings is 1. The van der Waals surface area contributed by atoms with Crippen LogP contribution in [0.2, 0.25) is 0 Å². The van der Waals surface area contributed by atoms with Gasteiger partial charge >= 0.3 is 6.09 Å². The third-order valence-corrected chi connectivity index (χ3v) is 8.64. The molecule has 0 aliphatic rings. The Balaban J connectivity index is 1.55. The van der Waals surface area contributed by atoms with Crippen LogP contribution in [0.15, 0.2) is 76.2 Å². The summed E-state index contributed by atoms with van der Waals surface area (Å²) in [5, 5.41) is 17.9. The number of para-hydroxylation sites is 1. The molecule has 44 heavy (non-hydrogen) atoms. The van der Waals surface area contributed by atoms with Crippen molar-refractivity contribution in [3.05, 3.63) is 93.7 Å². The van der Waals surface area contributed by atoms with Crippen LogP contribution in [0, 0.1) is 11.2 Å². The number of nitrogen functional groups attached to an aromatic ring is 1. The lowest BCUT2D eigenvalue weighted by atomic mass is 9.86. The van der Waals surface area contributed by atoms with Gasteiger partial charge in [0.25, 0.3) is 0 Å². The fraction of sp³-hybridized carbons (Fsp3) is 0.219. The number of rotatable bonds is 6. The SMILES string of the molecule is CC(c1oc2ccccc2c(=O)c1-c1cccc(F)c1)n1nc(-c2ccc(C(NC(=O)O)C(C)(C)C)s2)c2c(N)ncnc21. The summed E-state index contributed by atoms with van der Waals surface area (Å²) >= 11 is 1.39. The summed E-state index contributed by atoms with van der Waals surface area (Å²) in [4.78, 5) is 35.7. The van der Waals surface area contributed by atoms with E-state index in [2.05, 4.69) is 15.3 Å². The van der Waals surface area contributed by atoms with Gasteiger partial charge in [-0.25, -0.2) is 23.8 Å². The highest BCUT2D eigenvalue weighted by atomic mass is 32.1. The molecule has 2 unspecified atom stereocenters. The Kier molecular flexibility index (Phi) is 7.16. The molecule has 4 N–H and O–H groups in total. The van der Waals surface area contributed by atoms with Crippen LogP contribution in [0.4, 0.5) is 15.0 Å². The molecule has 224 valence electrons. The molecule has 4 heterocycles. The van der Waals surface area contributed by atoms with Crippen LogP contribution in [0.1, 0.15) is 50.4 Å².